The van der Waals surface area contributed by atoms with Crippen molar-refractivity contribution in [1.29, 1.82) is 0 Å². The number of aromatic nitrogens is 2. The molecule has 0 bridgehead atoms. The highest BCUT2D eigenvalue weighted by atomic mass is 35.5. The van der Waals surface area contributed by atoms with Crippen LogP contribution in [-0.2, 0) is 9.47 Å². The Kier molecular flexibility index (Phi) is 3.37. The Morgan fingerprint density at radius 2 is 2.17 bits per heavy atom. The number of halogens is 2. The lowest BCUT2D eigenvalue weighted by Crippen LogP contribution is -2.31. The summed E-state index contributed by atoms with van der Waals surface area (Å²) >= 11 is 6.13. The van der Waals surface area contributed by atoms with Crippen molar-refractivity contribution in [3.05, 3.63) is 42.1 Å². The molecular weight excluding hydrogens is 331 g/mol. The monoisotopic (exact) mass is 350 g/mol. The van der Waals surface area contributed by atoms with Gasteiger partial charge in [-0.05, 0) is 26.3 Å². The summed E-state index contributed by atoms with van der Waals surface area (Å²) < 4.78 is 28.7. The maximum absolute atomic E-state index is 14.4. The van der Waals surface area contributed by atoms with Gasteiger partial charge in [0.1, 0.15) is 11.3 Å². The standard InChI is InChI=1S/C18H20ClFN2O2/c1-5-18(4)8-12(14-15(18)24-17(2,3)23-14)22-7-6-10-13(22)11(20)9-21-16(10)19/h5-7,9,12,14-15H,1,8H2,2-4H3. The largest absolute Gasteiger partial charge is 0.344 e. The fourth-order valence-corrected chi connectivity index (χ4v) is 4.31. The molecule has 2 aromatic heterocycles. The van der Waals surface area contributed by atoms with Crippen LogP contribution < -0.4 is 0 Å². The predicted octanol–water partition coefficient (Wildman–Crippen LogP) is 4.49. The third-order valence-electron chi connectivity index (χ3n) is 5.29. The lowest BCUT2D eigenvalue weighted by Gasteiger charge is -2.28. The van der Waals surface area contributed by atoms with Gasteiger partial charge in [0.15, 0.2) is 11.6 Å². The van der Waals surface area contributed by atoms with Crippen molar-refractivity contribution in [1.82, 2.24) is 9.55 Å². The van der Waals surface area contributed by atoms with E-state index in [4.69, 9.17) is 21.1 Å². The van der Waals surface area contributed by atoms with E-state index in [0.29, 0.717) is 16.1 Å². The molecule has 4 nitrogen and oxygen atoms in total. The van der Waals surface area contributed by atoms with E-state index in [9.17, 15) is 4.39 Å². The molecule has 1 saturated heterocycles. The summed E-state index contributed by atoms with van der Waals surface area (Å²) in [5.41, 5.74) is 0.216. The zero-order valence-corrected chi connectivity index (χ0v) is 14.7. The molecule has 2 aromatic rings. The van der Waals surface area contributed by atoms with Crippen LogP contribution >= 0.6 is 11.6 Å². The first-order valence-electron chi connectivity index (χ1n) is 8.05. The fraction of sp³-hybridized carbons (Fsp3) is 0.500. The van der Waals surface area contributed by atoms with E-state index in [1.165, 1.54) is 0 Å². The second-order valence-electron chi connectivity index (χ2n) is 7.38. The average Bonchev–Trinajstić information content (AvgIpc) is 3.16. The molecule has 4 unspecified atom stereocenters. The number of ether oxygens (including phenoxy) is 2. The van der Waals surface area contributed by atoms with Gasteiger partial charge in [0.25, 0.3) is 0 Å². The van der Waals surface area contributed by atoms with Crippen LogP contribution in [0.25, 0.3) is 10.9 Å². The van der Waals surface area contributed by atoms with Crippen molar-refractivity contribution < 1.29 is 13.9 Å². The molecule has 4 atom stereocenters. The molecule has 2 fully saturated rings. The third kappa shape index (κ3) is 2.15. The van der Waals surface area contributed by atoms with Crippen LogP contribution in [-0.4, -0.2) is 27.5 Å². The van der Waals surface area contributed by atoms with Gasteiger partial charge in [0, 0.05) is 17.0 Å². The number of nitrogens with zero attached hydrogens (tertiary/aromatic N) is 2. The SMILES string of the molecule is C=CC1(C)CC(n2ccc3c(Cl)ncc(F)c32)C2OC(C)(C)OC21. The van der Waals surface area contributed by atoms with Gasteiger partial charge in [-0.15, -0.1) is 6.58 Å². The lowest BCUT2D eigenvalue weighted by molar-refractivity contribution is -0.164. The fourth-order valence-electron chi connectivity index (χ4n) is 4.11. The highest BCUT2D eigenvalue weighted by Crippen LogP contribution is 2.54. The molecule has 0 amide bonds. The molecule has 2 aliphatic rings. The first kappa shape index (κ1) is 16.1. The van der Waals surface area contributed by atoms with Gasteiger partial charge in [0.2, 0.25) is 0 Å². The quantitative estimate of drug-likeness (QED) is 0.591. The summed E-state index contributed by atoms with van der Waals surface area (Å²) in [6, 6.07) is 1.73. The van der Waals surface area contributed by atoms with Crippen molar-refractivity contribution in [3.63, 3.8) is 0 Å². The molecule has 1 saturated carbocycles. The highest BCUT2D eigenvalue weighted by molar-refractivity contribution is 6.34. The zero-order valence-electron chi connectivity index (χ0n) is 13.9. The molecule has 0 spiro atoms. The Hall–Kier alpha value is -1.43. The van der Waals surface area contributed by atoms with Crippen LogP contribution in [0.3, 0.4) is 0 Å². The molecule has 0 aromatic carbocycles. The van der Waals surface area contributed by atoms with E-state index in [0.717, 1.165) is 12.6 Å². The first-order chi connectivity index (χ1) is 11.3. The molecule has 0 radical (unpaired) electrons. The van der Waals surface area contributed by atoms with Gasteiger partial charge in [0.05, 0.1) is 23.9 Å². The van der Waals surface area contributed by atoms with E-state index in [1.807, 2.05) is 30.7 Å². The molecule has 6 heteroatoms. The average molecular weight is 351 g/mol. The third-order valence-corrected chi connectivity index (χ3v) is 5.59. The Morgan fingerprint density at radius 3 is 2.88 bits per heavy atom. The van der Waals surface area contributed by atoms with Gasteiger partial charge >= 0.3 is 0 Å². The van der Waals surface area contributed by atoms with E-state index >= 15 is 0 Å². The first-order valence-corrected chi connectivity index (χ1v) is 8.43. The van der Waals surface area contributed by atoms with Crippen LogP contribution in [0.2, 0.25) is 5.15 Å². The molecular formula is C18H20ClFN2O2. The second-order valence-corrected chi connectivity index (χ2v) is 7.74. The van der Waals surface area contributed by atoms with Crippen molar-refractivity contribution in [3.8, 4) is 0 Å². The minimum Gasteiger partial charge on any atom is -0.344 e. The number of rotatable bonds is 2. The minimum absolute atomic E-state index is 0.0646. The number of hydrogen-bond acceptors (Lipinski definition) is 3. The number of hydrogen-bond donors (Lipinski definition) is 0. The van der Waals surface area contributed by atoms with E-state index in [2.05, 4.69) is 18.5 Å². The van der Waals surface area contributed by atoms with Gasteiger partial charge in [-0.25, -0.2) is 9.37 Å². The summed E-state index contributed by atoms with van der Waals surface area (Å²) in [6.07, 6.45) is 5.40. The second kappa shape index (κ2) is 5.04. The molecule has 0 N–H and O–H groups in total. The summed E-state index contributed by atoms with van der Waals surface area (Å²) in [5.74, 6) is -1.06. The molecule has 1 aliphatic heterocycles. The smallest absolute Gasteiger partial charge is 0.165 e. The summed E-state index contributed by atoms with van der Waals surface area (Å²) in [7, 11) is 0. The lowest BCUT2D eigenvalue weighted by atomic mass is 9.86. The van der Waals surface area contributed by atoms with E-state index in [1.54, 1.807) is 6.07 Å². The van der Waals surface area contributed by atoms with E-state index < -0.39 is 5.79 Å². The molecule has 4 rings (SSSR count). The van der Waals surface area contributed by atoms with Gasteiger partial charge in [-0.2, -0.15) is 0 Å². The Labute approximate surface area is 145 Å². The van der Waals surface area contributed by atoms with Gasteiger partial charge in [-0.1, -0.05) is 24.6 Å². The molecule has 1 aliphatic carbocycles. The number of fused-ring (bicyclic) bond motifs is 2. The number of pyridine rings is 1. The van der Waals surface area contributed by atoms with Crippen molar-refractivity contribution in [2.24, 2.45) is 5.41 Å². The van der Waals surface area contributed by atoms with Crippen molar-refractivity contribution >= 4 is 22.5 Å². The maximum atomic E-state index is 14.4. The minimum atomic E-state index is -0.668. The summed E-state index contributed by atoms with van der Waals surface area (Å²) in [6.45, 7) is 9.90. The van der Waals surface area contributed by atoms with Crippen LogP contribution in [0.1, 0.15) is 33.2 Å². The summed E-state index contributed by atoms with van der Waals surface area (Å²) in [4.78, 5) is 3.89. The van der Waals surface area contributed by atoms with Crippen LogP contribution in [0.4, 0.5) is 4.39 Å². The van der Waals surface area contributed by atoms with Crippen LogP contribution in [0.15, 0.2) is 31.1 Å². The van der Waals surface area contributed by atoms with Gasteiger partial charge in [-0.3, -0.25) is 0 Å². The highest BCUT2D eigenvalue weighted by Gasteiger charge is 2.59. The Balaban J connectivity index is 1.85. The summed E-state index contributed by atoms with van der Waals surface area (Å²) in [5, 5.41) is 0.911. The Bertz CT molecular complexity index is 834. The zero-order chi connectivity index (χ0) is 17.3. The Morgan fingerprint density at radius 1 is 1.42 bits per heavy atom. The van der Waals surface area contributed by atoms with Crippen molar-refractivity contribution in [2.45, 2.75) is 51.2 Å². The van der Waals surface area contributed by atoms with Crippen LogP contribution in [0, 0.1) is 11.2 Å². The topological polar surface area (TPSA) is 36.3 Å². The van der Waals surface area contributed by atoms with E-state index in [-0.39, 0.29) is 29.5 Å². The molecule has 24 heavy (non-hydrogen) atoms. The predicted molar refractivity (Wildman–Crippen MR) is 90.5 cm³/mol. The van der Waals surface area contributed by atoms with Gasteiger partial charge < -0.3 is 14.0 Å². The van der Waals surface area contributed by atoms with Crippen LogP contribution in [0.5, 0.6) is 0 Å². The maximum Gasteiger partial charge on any atom is 0.165 e. The molecule has 3 heterocycles. The normalized spacial score (nSPS) is 34.6. The molecule has 128 valence electrons. The van der Waals surface area contributed by atoms with Crippen molar-refractivity contribution in [2.75, 3.05) is 0 Å².